The summed E-state index contributed by atoms with van der Waals surface area (Å²) < 4.78 is 32.0. The molecule has 8 heteroatoms. The summed E-state index contributed by atoms with van der Waals surface area (Å²) in [5.41, 5.74) is 1.61. The largest absolute Gasteiger partial charge is 0.496 e. The molecule has 6 nitrogen and oxygen atoms in total. The van der Waals surface area contributed by atoms with Crippen molar-refractivity contribution in [2.45, 2.75) is 37.9 Å². The zero-order chi connectivity index (χ0) is 18.7. The van der Waals surface area contributed by atoms with Gasteiger partial charge >= 0.3 is 0 Å². The van der Waals surface area contributed by atoms with Crippen LogP contribution in [0.1, 0.15) is 31.2 Å². The van der Waals surface area contributed by atoms with Gasteiger partial charge in [0.2, 0.25) is 10.0 Å². The van der Waals surface area contributed by atoms with E-state index in [9.17, 15) is 18.3 Å². The van der Waals surface area contributed by atoms with E-state index in [0.717, 1.165) is 0 Å². The minimum atomic E-state index is -3.43. The highest BCUT2D eigenvalue weighted by Crippen LogP contribution is 2.36. The Labute approximate surface area is 158 Å². The van der Waals surface area contributed by atoms with Crippen LogP contribution in [0.25, 0.3) is 5.57 Å². The van der Waals surface area contributed by atoms with Crippen LogP contribution in [-0.2, 0) is 19.6 Å². The minimum Gasteiger partial charge on any atom is -0.496 e. The van der Waals surface area contributed by atoms with E-state index in [1.165, 1.54) is 6.26 Å². The lowest BCUT2D eigenvalue weighted by Gasteiger charge is -2.36. The van der Waals surface area contributed by atoms with Crippen LogP contribution in [0.2, 0.25) is 0 Å². The Kier molecular flexibility index (Phi) is 5.89. The number of carbonyl (C=O) groups is 1. The zero-order valence-corrected chi connectivity index (χ0v) is 15.8. The molecule has 0 aromatic heterocycles. The third kappa shape index (κ3) is 4.39. The van der Waals surface area contributed by atoms with Crippen LogP contribution in [-0.4, -0.2) is 43.1 Å². The lowest BCUT2D eigenvalue weighted by Crippen LogP contribution is -2.40. The molecule has 3 unspecified atom stereocenters. The van der Waals surface area contributed by atoms with Crippen molar-refractivity contribution in [2.24, 2.45) is 5.92 Å². The standard InChI is InChI=1S/C18H22ClNO5S/c19-8-1-9-26(23,24)20-13-4-2-12(3-5-13)16-11-25-17-10-14(21)6-7-15(17)18(16)22/h2-5,11,14-15,17,20-21H,1,6-10H2. The Bertz CT molecular complexity index is 790. The number of sulfonamides is 1. The Morgan fingerprint density at radius 2 is 1.96 bits per heavy atom. The second-order valence-corrected chi connectivity index (χ2v) is 8.90. The van der Waals surface area contributed by atoms with Crippen molar-refractivity contribution in [3.8, 4) is 0 Å². The first-order valence-corrected chi connectivity index (χ1v) is 10.8. The molecule has 1 saturated carbocycles. The number of alkyl halides is 1. The summed E-state index contributed by atoms with van der Waals surface area (Å²) in [5.74, 6) is 0.0377. The maximum atomic E-state index is 12.7. The predicted octanol–water partition coefficient (Wildman–Crippen LogP) is 2.53. The van der Waals surface area contributed by atoms with Gasteiger partial charge in [-0.2, -0.15) is 0 Å². The molecule has 1 aromatic rings. The second kappa shape index (κ2) is 7.98. The number of rotatable bonds is 6. The van der Waals surface area contributed by atoms with Gasteiger partial charge in [-0.1, -0.05) is 12.1 Å². The first-order chi connectivity index (χ1) is 12.4. The topological polar surface area (TPSA) is 92.7 Å². The third-order valence-corrected chi connectivity index (χ3v) is 6.38. The maximum absolute atomic E-state index is 12.7. The molecule has 0 radical (unpaired) electrons. The van der Waals surface area contributed by atoms with E-state index in [2.05, 4.69) is 4.72 Å². The smallest absolute Gasteiger partial charge is 0.232 e. The molecule has 0 bridgehead atoms. The summed E-state index contributed by atoms with van der Waals surface area (Å²) in [4.78, 5) is 12.7. The van der Waals surface area contributed by atoms with Crippen LogP contribution in [0.3, 0.4) is 0 Å². The SMILES string of the molecule is O=C1C(c2ccc(NS(=O)(=O)CCCCl)cc2)=COC2CC(O)CCC12. The number of fused-ring (bicyclic) bond motifs is 1. The van der Waals surface area contributed by atoms with E-state index >= 15 is 0 Å². The summed E-state index contributed by atoms with van der Waals surface area (Å²) in [5, 5.41) is 9.72. The summed E-state index contributed by atoms with van der Waals surface area (Å²) in [7, 11) is -3.43. The number of ketones is 1. The molecule has 2 N–H and O–H groups in total. The van der Waals surface area contributed by atoms with Crippen LogP contribution >= 0.6 is 11.6 Å². The van der Waals surface area contributed by atoms with Gasteiger partial charge in [0.05, 0.1) is 29.6 Å². The van der Waals surface area contributed by atoms with E-state index in [4.69, 9.17) is 16.3 Å². The van der Waals surface area contributed by atoms with Crippen molar-refractivity contribution in [1.82, 2.24) is 0 Å². The lowest BCUT2D eigenvalue weighted by molar-refractivity contribution is -0.126. The monoisotopic (exact) mass is 399 g/mol. The summed E-state index contributed by atoms with van der Waals surface area (Å²) in [6.07, 6.45) is 2.86. The predicted molar refractivity (Wildman–Crippen MR) is 100 cm³/mol. The van der Waals surface area contributed by atoms with Crippen molar-refractivity contribution < 1.29 is 23.1 Å². The van der Waals surface area contributed by atoms with Crippen molar-refractivity contribution in [2.75, 3.05) is 16.4 Å². The second-order valence-electron chi connectivity index (χ2n) is 6.68. The van der Waals surface area contributed by atoms with Crippen LogP contribution < -0.4 is 4.72 Å². The fourth-order valence-corrected chi connectivity index (χ4v) is 4.79. The molecule has 0 amide bonds. The Hall–Kier alpha value is -1.57. The number of ether oxygens (including phenoxy) is 1. The van der Waals surface area contributed by atoms with E-state index in [1.807, 2.05) is 0 Å². The quantitative estimate of drug-likeness (QED) is 0.717. The molecule has 1 aliphatic heterocycles. The first kappa shape index (κ1) is 19.2. The number of anilines is 1. The lowest BCUT2D eigenvalue weighted by atomic mass is 9.78. The van der Waals surface area contributed by atoms with E-state index < -0.39 is 16.1 Å². The number of aliphatic hydroxyl groups excluding tert-OH is 1. The number of benzene rings is 1. The van der Waals surface area contributed by atoms with Crippen molar-refractivity contribution in [3.63, 3.8) is 0 Å². The van der Waals surface area contributed by atoms with Crippen LogP contribution in [0.5, 0.6) is 0 Å². The van der Waals surface area contributed by atoms with E-state index in [1.54, 1.807) is 24.3 Å². The average molecular weight is 400 g/mol. The van der Waals surface area contributed by atoms with Gasteiger partial charge in [0.15, 0.2) is 5.78 Å². The molecule has 142 valence electrons. The average Bonchev–Trinajstić information content (AvgIpc) is 2.61. The molecular weight excluding hydrogens is 378 g/mol. The van der Waals surface area contributed by atoms with E-state index in [0.29, 0.717) is 42.5 Å². The molecule has 2 aliphatic rings. The van der Waals surface area contributed by atoms with E-state index in [-0.39, 0.29) is 29.4 Å². The van der Waals surface area contributed by atoms with Crippen molar-refractivity contribution in [1.29, 1.82) is 0 Å². The Balaban J connectivity index is 1.71. The highest BCUT2D eigenvalue weighted by Gasteiger charge is 2.39. The van der Waals surface area contributed by atoms with Gasteiger partial charge in [-0.05, 0) is 37.0 Å². The fourth-order valence-electron chi connectivity index (χ4n) is 3.37. The van der Waals surface area contributed by atoms with Gasteiger partial charge in [-0.3, -0.25) is 9.52 Å². The number of hydrogen-bond donors (Lipinski definition) is 2. The molecule has 3 atom stereocenters. The molecular formula is C18H22ClNO5S. The fraction of sp³-hybridized carbons (Fsp3) is 0.500. The number of Topliss-reactive ketones (excluding diaryl/α,β-unsaturated/α-hetero) is 1. The highest BCUT2D eigenvalue weighted by atomic mass is 35.5. The summed E-state index contributed by atoms with van der Waals surface area (Å²) in [6, 6.07) is 6.64. The van der Waals surface area contributed by atoms with Crippen molar-refractivity contribution >= 4 is 38.7 Å². The number of aliphatic hydroxyl groups is 1. The number of hydrogen-bond acceptors (Lipinski definition) is 5. The summed E-state index contributed by atoms with van der Waals surface area (Å²) in [6.45, 7) is 0. The number of carbonyl (C=O) groups excluding carboxylic acids is 1. The van der Waals surface area contributed by atoms with Crippen LogP contribution in [0.15, 0.2) is 30.5 Å². The summed E-state index contributed by atoms with van der Waals surface area (Å²) >= 11 is 5.53. The maximum Gasteiger partial charge on any atom is 0.232 e. The van der Waals surface area contributed by atoms with Gasteiger partial charge < -0.3 is 9.84 Å². The first-order valence-electron chi connectivity index (χ1n) is 8.64. The number of nitrogens with one attached hydrogen (secondary N) is 1. The van der Waals surface area contributed by atoms with Gasteiger partial charge in [0.25, 0.3) is 0 Å². The third-order valence-electron chi connectivity index (χ3n) is 4.74. The van der Waals surface area contributed by atoms with Gasteiger partial charge in [0, 0.05) is 18.0 Å². The molecule has 1 aromatic carbocycles. The number of allylic oxidation sites excluding steroid dienone is 1. The molecule has 3 rings (SSSR count). The van der Waals surface area contributed by atoms with Crippen LogP contribution in [0, 0.1) is 5.92 Å². The molecule has 1 fully saturated rings. The van der Waals surface area contributed by atoms with Crippen molar-refractivity contribution in [3.05, 3.63) is 36.1 Å². The molecule has 1 aliphatic carbocycles. The normalized spacial score (nSPS) is 25.8. The van der Waals surface area contributed by atoms with Crippen LogP contribution in [0.4, 0.5) is 5.69 Å². The van der Waals surface area contributed by atoms with Gasteiger partial charge in [0.1, 0.15) is 6.10 Å². The molecule has 0 spiro atoms. The Morgan fingerprint density at radius 3 is 2.65 bits per heavy atom. The molecule has 1 heterocycles. The van der Waals surface area contributed by atoms with Gasteiger partial charge in [-0.15, -0.1) is 11.6 Å². The highest BCUT2D eigenvalue weighted by molar-refractivity contribution is 7.92. The zero-order valence-electron chi connectivity index (χ0n) is 14.2. The van der Waals surface area contributed by atoms with Gasteiger partial charge in [-0.25, -0.2) is 8.42 Å². The molecule has 26 heavy (non-hydrogen) atoms. The minimum absolute atomic E-state index is 0.0172. The molecule has 0 saturated heterocycles. The Morgan fingerprint density at radius 1 is 1.23 bits per heavy atom. The number of halogens is 1.